The molecule has 0 bridgehead atoms. The SMILES string of the molecule is CCNC(=O)c1cn2ncnc(Nc3cc(C(=O)Nc4cc(C)nn4C)ccc3C)c2c1C. The van der Waals surface area contributed by atoms with E-state index in [0.29, 0.717) is 34.8 Å². The number of aryl methyl sites for hydroxylation is 4. The summed E-state index contributed by atoms with van der Waals surface area (Å²) in [4.78, 5) is 29.6. The molecule has 4 rings (SSSR count). The molecule has 170 valence electrons. The average Bonchev–Trinajstić information content (AvgIpc) is 3.28. The van der Waals surface area contributed by atoms with Crippen LogP contribution < -0.4 is 16.0 Å². The number of rotatable bonds is 6. The van der Waals surface area contributed by atoms with Gasteiger partial charge in [-0.1, -0.05) is 6.07 Å². The Morgan fingerprint density at radius 3 is 2.58 bits per heavy atom. The van der Waals surface area contributed by atoms with Crippen LogP contribution in [-0.4, -0.2) is 42.7 Å². The lowest BCUT2D eigenvalue weighted by Crippen LogP contribution is -2.22. The molecule has 0 aliphatic carbocycles. The van der Waals surface area contributed by atoms with E-state index in [0.717, 1.165) is 22.5 Å². The Labute approximate surface area is 191 Å². The molecule has 3 heterocycles. The number of nitrogens with one attached hydrogen (secondary N) is 3. The van der Waals surface area contributed by atoms with Crippen LogP contribution in [0, 0.1) is 20.8 Å². The quantitative estimate of drug-likeness (QED) is 0.419. The van der Waals surface area contributed by atoms with Crippen LogP contribution >= 0.6 is 0 Å². The zero-order valence-electron chi connectivity index (χ0n) is 19.2. The van der Waals surface area contributed by atoms with Gasteiger partial charge >= 0.3 is 0 Å². The molecule has 1 aromatic carbocycles. The van der Waals surface area contributed by atoms with Gasteiger partial charge in [-0.25, -0.2) is 9.50 Å². The third-order valence-corrected chi connectivity index (χ3v) is 5.41. The summed E-state index contributed by atoms with van der Waals surface area (Å²) >= 11 is 0. The van der Waals surface area contributed by atoms with Gasteiger partial charge in [-0.2, -0.15) is 10.2 Å². The molecular formula is C23H26N8O2. The fourth-order valence-corrected chi connectivity index (χ4v) is 3.68. The molecule has 0 saturated heterocycles. The number of nitrogens with zero attached hydrogens (tertiary/aromatic N) is 5. The zero-order valence-corrected chi connectivity index (χ0v) is 19.2. The molecule has 0 fully saturated rings. The second kappa shape index (κ2) is 8.73. The smallest absolute Gasteiger partial charge is 0.256 e. The van der Waals surface area contributed by atoms with Crippen molar-refractivity contribution in [2.24, 2.45) is 7.05 Å². The third-order valence-electron chi connectivity index (χ3n) is 5.41. The summed E-state index contributed by atoms with van der Waals surface area (Å²) in [5.74, 6) is 0.755. The molecule has 33 heavy (non-hydrogen) atoms. The third kappa shape index (κ3) is 4.27. The number of carbonyl (C=O) groups is 2. The van der Waals surface area contributed by atoms with Crippen molar-refractivity contribution in [1.29, 1.82) is 0 Å². The van der Waals surface area contributed by atoms with Crippen LogP contribution in [0.1, 0.15) is 44.5 Å². The second-order valence-electron chi connectivity index (χ2n) is 7.83. The van der Waals surface area contributed by atoms with Crippen molar-refractivity contribution >= 4 is 34.7 Å². The van der Waals surface area contributed by atoms with Crippen molar-refractivity contribution in [2.45, 2.75) is 27.7 Å². The van der Waals surface area contributed by atoms with Crippen LogP contribution in [0.4, 0.5) is 17.3 Å². The maximum absolute atomic E-state index is 12.8. The lowest BCUT2D eigenvalue weighted by molar-refractivity contribution is 0.0954. The van der Waals surface area contributed by atoms with Crippen molar-refractivity contribution in [2.75, 3.05) is 17.2 Å². The first-order valence-electron chi connectivity index (χ1n) is 10.6. The number of aromatic nitrogens is 5. The van der Waals surface area contributed by atoms with Crippen LogP contribution in [-0.2, 0) is 7.05 Å². The topological polar surface area (TPSA) is 118 Å². The predicted octanol–water partition coefficient (Wildman–Crippen LogP) is 3.13. The van der Waals surface area contributed by atoms with Gasteiger partial charge in [0.1, 0.15) is 17.7 Å². The van der Waals surface area contributed by atoms with Crippen molar-refractivity contribution in [3.63, 3.8) is 0 Å². The summed E-state index contributed by atoms with van der Waals surface area (Å²) in [6.07, 6.45) is 3.11. The number of hydrogen-bond acceptors (Lipinski definition) is 6. The van der Waals surface area contributed by atoms with Crippen LogP contribution in [0.2, 0.25) is 0 Å². The van der Waals surface area contributed by atoms with E-state index in [1.807, 2.05) is 39.8 Å². The monoisotopic (exact) mass is 446 g/mol. The van der Waals surface area contributed by atoms with E-state index in [2.05, 4.69) is 31.1 Å². The second-order valence-corrected chi connectivity index (χ2v) is 7.83. The first-order valence-corrected chi connectivity index (χ1v) is 10.6. The maximum atomic E-state index is 12.8. The standard InChI is InChI=1S/C23H26N8O2/c1-6-24-23(33)17-11-31-20(15(17)4)21(25-12-26-31)27-18-10-16(8-7-13(18)2)22(32)28-19-9-14(3)29-30(19)5/h7-12H,6H2,1-5H3,(H,24,33)(H,28,32)(H,25,26,27). The van der Waals surface area contributed by atoms with Gasteiger partial charge < -0.3 is 16.0 Å². The Balaban J connectivity index is 1.66. The Bertz CT molecular complexity index is 1370. The van der Waals surface area contributed by atoms with Gasteiger partial charge in [0.2, 0.25) is 0 Å². The number of hydrogen-bond donors (Lipinski definition) is 3. The molecule has 0 unspecified atom stereocenters. The van der Waals surface area contributed by atoms with E-state index in [9.17, 15) is 9.59 Å². The number of anilines is 3. The fourth-order valence-electron chi connectivity index (χ4n) is 3.68. The summed E-state index contributed by atoms with van der Waals surface area (Å²) in [5.41, 5.74) is 4.97. The highest BCUT2D eigenvalue weighted by Gasteiger charge is 2.18. The molecule has 4 aromatic rings. The lowest BCUT2D eigenvalue weighted by Gasteiger charge is -2.12. The Hall–Kier alpha value is -4.21. The molecule has 0 radical (unpaired) electrons. The van der Waals surface area contributed by atoms with Crippen molar-refractivity contribution in [1.82, 2.24) is 29.7 Å². The highest BCUT2D eigenvalue weighted by atomic mass is 16.2. The lowest BCUT2D eigenvalue weighted by atomic mass is 10.1. The van der Waals surface area contributed by atoms with Gasteiger partial charge in [0.25, 0.3) is 11.8 Å². The molecule has 10 nitrogen and oxygen atoms in total. The van der Waals surface area contributed by atoms with E-state index in [1.165, 1.54) is 6.33 Å². The maximum Gasteiger partial charge on any atom is 0.256 e. The van der Waals surface area contributed by atoms with Gasteiger partial charge in [0.05, 0.1) is 11.3 Å². The first-order chi connectivity index (χ1) is 15.8. The van der Waals surface area contributed by atoms with Gasteiger partial charge in [0, 0.05) is 37.1 Å². The molecule has 0 aliphatic rings. The number of carbonyl (C=O) groups excluding carboxylic acids is 2. The van der Waals surface area contributed by atoms with Crippen molar-refractivity contribution in [3.05, 3.63) is 64.7 Å². The number of benzene rings is 1. The minimum absolute atomic E-state index is 0.160. The Kier molecular flexibility index (Phi) is 5.82. The van der Waals surface area contributed by atoms with Gasteiger partial charge in [-0.15, -0.1) is 0 Å². The molecule has 10 heteroatoms. The van der Waals surface area contributed by atoms with Gasteiger partial charge in [-0.3, -0.25) is 14.3 Å². The Morgan fingerprint density at radius 1 is 1.09 bits per heavy atom. The predicted molar refractivity (Wildman–Crippen MR) is 126 cm³/mol. The molecule has 3 N–H and O–H groups in total. The molecule has 0 atom stereocenters. The molecule has 3 aromatic heterocycles. The van der Waals surface area contributed by atoms with Gasteiger partial charge in [-0.05, 0) is 51.0 Å². The minimum atomic E-state index is -0.244. The van der Waals surface area contributed by atoms with Crippen LogP contribution in [0.25, 0.3) is 5.52 Å². The fraction of sp³-hybridized carbons (Fsp3) is 0.261. The number of amides is 2. The molecule has 0 aliphatic heterocycles. The molecule has 2 amide bonds. The van der Waals surface area contributed by atoms with E-state index in [-0.39, 0.29) is 11.8 Å². The Morgan fingerprint density at radius 2 is 1.88 bits per heavy atom. The summed E-state index contributed by atoms with van der Waals surface area (Å²) in [6, 6.07) is 7.22. The highest BCUT2D eigenvalue weighted by molar-refractivity contribution is 6.05. The van der Waals surface area contributed by atoms with E-state index in [4.69, 9.17) is 0 Å². The molecule has 0 spiro atoms. The van der Waals surface area contributed by atoms with E-state index < -0.39 is 0 Å². The largest absolute Gasteiger partial charge is 0.352 e. The summed E-state index contributed by atoms with van der Waals surface area (Å²) < 4.78 is 3.26. The normalized spacial score (nSPS) is 10.9. The minimum Gasteiger partial charge on any atom is -0.352 e. The molecular weight excluding hydrogens is 420 g/mol. The highest BCUT2D eigenvalue weighted by Crippen LogP contribution is 2.27. The average molecular weight is 447 g/mol. The summed E-state index contributed by atoms with van der Waals surface area (Å²) in [7, 11) is 1.78. The van der Waals surface area contributed by atoms with Crippen molar-refractivity contribution < 1.29 is 9.59 Å². The first kappa shape index (κ1) is 22.0. The number of fused-ring (bicyclic) bond motifs is 1. The zero-order chi connectivity index (χ0) is 23.7. The van der Waals surface area contributed by atoms with Gasteiger partial charge in [0.15, 0.2) is 5.82 Å². The van der Waals surface area contributed by atoms with Crippen LogP contribution in [0.5, 0.6) is 0 Å². The van der Waals surface area contributed by atoms with Crippen molar-refractivity contribution in [3.8, 4) is 0 Å². The molecule has 0 saturated carbocycles. The van der Waals surface area contributed by atoms with Crippen LogP contribution in [0.15, 0.2) is 36.8 Å². The van der Waals surface area contributed by atoms with E-state index >= 15 is 0 Å². The van der Waals surface area contributed by atoms with E-state index in [1.54, 1.807) is 34.6 Å². The summed E-state index contributed by atoms with van der Waals surface area (Å²) in [5, 5.41) is 17.5. The summed E-state index contributed by atoms with van der Waals surface area (Å²) in [6.45, 7) is 8.08. The van der Waals surface area contributed by atoms with Crippen LogP contribution in [0.3, 0.4) is 0 Å².